The Bertz CT molecular complexity index is 205. The molecular formula is C11H24N4. The normalized spacial score (nSPS) is 28.0. The van der Waals surface area contributed by atoms with Gasteiger partial charge in [0.25, 0.3) is 0 Å². The Balaban J connectivity index is 2.59. The summed E-state index contributed by atoms with van der Waals surface area (Å²) < 4.78 is 0. The van der Waals surface area contributed by atoms with E-state index in [4.69, 9.17) is 5.84 Å². The second-order valence-electron chi connectivity index (χ2n) is 4.70. The van der Waals surface area contributed by atoms with Gasteiger partial charge >= 0.3 is 0 Å². The number of guanidine groups is 1. The highest BCUT2D eigenvalue weighted by molar-refractivity contribution is 5.79. The first-order valence-electron chi connectivity index (χ1n) is 5.93. The summed E-state index contributed by atoms with van der Waals surface area (Å²) in [5.41, 5.74) is 2.72. The second kappa shape index (κ2) is 5.95. The van der Waals surface area contributed by atoms with Crippen LogP contribution in [-0.2, 0) is 0 Å². The summed E-state index contributed by atoms with van der Waals surface area (Å²) in [4.78, 5) is 6.73. The van der Waals surface area contributed by atoms with Gasteiger partial charge in [-0.1, -0.05) is 20.8 Å². The van der Waals surface area contributed by atoms with Gasteiger partial charge in [0, 0.05) is 19.6 Å². The van der Waals surface area contributed by atoms with Crippen LogP contribution < -0.4 is 11.3 Å². The molecule has 0 spiro atoms. The fourth-order valence-corrected chi connectivity index (χ4v) is 2.29. The molecule has 2 unspecified atom stereocenters. The molecule has 0 aromatic heterocycles. The Morgan fingerprint density at radius 3 is 2.47 bits per heavy atom. The maximum absolute atomic E-state index is 5.51. The highest BCUT2D eigenvalue weighted by atomic mass is 15.4. The molecule has 3 N–H and O–H groups in total. The van der Waals surface area contributed by atoms with Gasteiger partial charge in [0.05, 0.1) is 0 Å². The van der Waals surface area contributed by atoms with E-state index < -0.39 is 0 Å². The summed E-state index contributed by atoms with van der Waals surface area (Å²) in [6.07, 6.45) is 2.37. The van der Waals surface area contributed by atoms with Crippen molar-refractivity contribution < 1.29 is 0 Å². The van der Waals surface area contributed by atoms with E-state index in [1.54, 1.807) is 0 Å². The quantitative estimate of drug-likeness (QED) is 0.313. The van der Waals surface area contributed by atoms with E-state index in [2.05, 4.69) is 36.1 Å². The molecule has 0 radical (unpaired) electrons. The minimum Gasteiger partial charge on any atom is -0.341 e. The van der Waals surface area contributed by atoms with Gasteiger partial charge in [0.1, 0.15) is 0 Å². The molecule has 0 aromatic carbocycles. The lowest BCUT2D eigenvalue weighted by Gasteiger charge is -2.36. The first-order chi connectivity index (χ1) is 7.17. The fraction of sp³-hybridized carbons (Fsp3) is 0.909. The summed E-state index contributed by atoms with van der Waals surface area (Å²) >= 11 is 0. The van der Waals surface area contributed by atoms with Crippen LogP contribution in [0.5, 0.6) is 0 Å². The van der Waals surface area contributed by atoms with Crippen LogP contribution in [0.4, 0.5) is 0 Å². The van der Waals surface area contributed by atoms with Gasteiger partial charge in [-0.2, -0.15) is 0 Å². The largest absolute Gasteiger partial charge is 0.341 e. The van der Waals surface area contributed by atoms with Gasteiger partial charge in [0.15, 0.2) is 0 Å². The summed E-state index contributed by atoms with van der Waals surface area (Å²) in [7, 11) is 0. The Morgan fingerprint density at radius 1 is 1.40 bits per heavy atom. The van der Waals surface area contributed by atoms with E-state index in [1.165, 1.54) is 6.42 Å². The monoisotopic (exact) mass is 212 g/mol. The van der Waals surface area contributed by atoms with Crippen molar-refractivity contribution >= 4 is 5.96 Å². The van der Waals surface area contributed by atoms with Crippen LogP contribution in [0.2, 0.25) is 0 Å². The number of hydrogen-bond acceptors (Lipinski definition) is 2. The third-order valence-electron chi connectivity index (χ3n) is 2.78. The molecule has 4 heteroatoms. The van der Waals surface area contributed by atoms with E-state index in [0.717, 1.165) is 43.9 Å². The molecule has 0 amide bonds. The average Bonchev–Trinajstić information content (AvgIpc) is 2.17. The minimum absolute atomic E-state index is 0.730. The van der Waals surface area contributed by atoms with Crippen LogP contribution in [0.15, 0.2) is 4.99 Å². The summed E-state index contributed by atoms with van der Waals surface area (Å²) in [6, 6.07) is 0. The van der Waals surface area contributed by atoms with Crippen LogP contribution in [0.25, 0.3) is 0 Å². The highest BCUT2D eigenvalue weighted by Crippen LogP contribution is 2.20. The molecule has 88 valence electrons. The first-order valence-corrected chi connectivity index (χ1v) is 5.93. The van der Waals surface area contributed by atoms with Gasteiger partial charge in [-0.15, -0.1) is 0 Å². The maximum atomic E-state index is 5.51. The van der Waals surface area contributed by atoms with Crippen molar-refractivity contribution in [2.75, 3.05) is 19.6 Å². The molecule has 15 heavy (non-hydrogen) atoms. The maximum Gasteiger partial charge on any atom is 0.208 e. The van der Waals surface area contributed by atoms with Crippen molar-refractivity contribution in [3.8, 4) is 0 Å². The third-order valence-corrected chi connectivity index (χ3v) is 2.78. The Morgan fingerprint density at radius 2 is 2.00 bits per heavy atom. The second-order valence-corrected chi connectivity index (χ2v) is 4.70. The predicted octanol–water partition coefficient (Wildman–Crippen LogP) is 1.19. The molecule has 0 bridgehead atoms. The zero-order valence-corrected chi connectivity index (χ0v) is 10.2. The number of rotatable bonds is 2. The number of nitrogens with one attached hydrogen (secondary N) is 1. The van der Waals surface area contributed by atoms with Crippen molar-refractivity contribution in [1.29, 1.82) is 0 Å². The third kappa shape index (κ3) is 3.70. The zero-order valence-electron chi connectivity index (χ0n) is 10.2. The van der Waals surface area contributed by atoms with Crippen LogP contribution in [0.1, 0.15) is 33.6 Å². The average molecular weight is 212 g/mol. The van der Waals surface area contributed by atoms with Crippen molar-refractivity contribution in [3.63, 3.8) is 0 Å². The zero-order chi connectivity index (χ0) is 11.3. The Labute approximate surface area is 92.9 Å². The number of nitrogens with zero attached hydrogens (tertiary/aromatic N) is 2. The van der Waals surface area contributed by atoms with Crippen molar-refractivity contribution in [3.05, 3.63) is 0 Å². The smallest absolute Gasteiger partial charge is 0.208 e. The van der Waals surface area contributed by atoms with Crippen LogP contribution in [-0.4, -0.2) is 30.5 Å². The highest BCUT2D eigenvalue weighted by Gasteiger charge is 2.23. The predicted molar refractivity (Wildman–Crippen MR) is 64.4 cm³/mol. The Hall–Kier alpha value is -0.770. The number of aliphatic imine (C=N–C) groups is 1. The molecule has 1 heterocycles. The van der Waals surface area contributed by atoms with E-state index in [-0.39, 0.29) is 0 Å². The minimum atomic E-state index is 0.730. The van der Waals surface area contributed by atoms with Gasteiger partial charge in [-0.25, -0.2) is 5.84 Å². The number of hydrazine groups is 1. The number of nitrogens with two attached hydrogens (primary N) is 1. The van der Waals surface area contributed by atoms with Gasteiger partial charge in [0.2, 0.25) is 5.96 Å². The number of piperidine rings is 1. The van der Waals surface area contributed by atoms with Crippen LogP contribution in [0.3, 0.4) is 0 Å². The lowest BCUT2D eigenvalue weighted by atomic mass is 9.92. The molecule has 1 fully saturated rings. The van der Waals surface area contributed by atoms with Crippen LogP contribution >= 0.6 is 0 Å². The van der Waals surface area contributed by atoms with E-state index >= 15 is 0 Å². The standard InChI is InChI=1S/C11H24N4/c1-4-5-13-11(14-12)15-7-9(2)6-10(3)8-15/h9-10H,4-8,12H2,1-3H3,(H,13,14). The van der Waals surface area contributed by atoms with Crippen LogP contribution in [0, 0.1) is 11.8 Å². The molecule has 1 rings (SSSR count). The van der Waals surface area contributed by atoms with Gasteiger partial charge < -0.3 is 4.90 Å². The molecule has 0 aliphatic carbocycles. The van der Waals surface area contributed by atoms with E-state index in [9.17, 15) is 0 Å². The molecule has 1 aliphatic rings. The molecule has 2 atom stereocenters. The molecular weight excluding hydrogens is 188 g/mol. The molecule has 4 nitrogen and oxygen atoms in total. The van der Waals surface area contributed by atoms with Crippen molar-refractivity contribution in [1.82, 2.24) is 10.3 Å². The molecule has 0 saturated carbocycles. The van der Waals surface area contributed by atoms with Gasteiger partial charge in [-0.3, -0.25) is 10.4 Å². The summed E-state index contributed by atoms with van der Waals surface area (Å²) in [5.74, 6) is 7.83. The lowest BCUT2D eigenvalue weighted by Crippen LogP contribution is -2.50. The van der Waals surface area contributed by atoms with Crippen molar-refractivity contribution in [2.45, 2.75) is 33.6 Å². The fourth-order valence-electron chi connectivity index (χ4n) is 2.29. The lowest BCUT2D eigenvalue weighted by molar-refractivity contribution is 0.208. The summed E-state index contributed by atoms with van der Waals surface area (Å²) in [5, 5.41) is 0. The van der Waals surface area contributed by atoms with E-state index in [1.807, 2.05) is 0 Å². The topological polar surface area (TPSA) is 53.6 Å². The van der Waals surface area contributed by atoms with E-state index in [0.29, 0.717) is 0 Å². The molecule has 0 aromatic rings. The first kappa shape index (κ1) is 12.3. The molecule has 1 saturated heterocycles. The Kier molecular flexibility index (Phi) is 4.88. The summed E-state index contributed by atoms with van der Waals surface area (Å²) in [6.45, 7) is 9.68. The number of likely N-dealkylation sites (tertiary alicyclic amines) is 1. The molecule has 1 aliphatic heterocycles. The van der Waals surface area contributed by atoms with Crippen molar-refractivity contribution in [2.24, 2.45) is 22.7 Å². The van der Waals surface area contributed by atoms with Gasteiger partial charge in [-0.05, 0) is 24.7 Å². The SMILES string of the molecule is CCCN=C(NN)N1CC(C)CC(C)C1. The number of hydrogen-bond donors (Lipinski definition) is 2.